The second-order valence-corrected chi connectivity index (χ2v) is 6.63. The van der Waals surface area contributed by atoms with Gasteiger partial charge in [-0.2, -0.15) is 0 Å². The van der Waals surface area contributed by atoms with Gasteiger partial charge < -0.3 is 15.6 Å². The Morgan fingerprint density at radius 2 is 1.68 bits per heavy atom. The van der Waals surface area contributed by atoms with Crippen LogP contribution in [0.25, 0.3) is 0 Å². The summed E-state index contributed by atoms with van der Waals surface area (Å²) >= 11 is 0. The van der Waals surface area contributed by atoms with E-state index < -0.39 is 0 Å². The van der Waals surface area contributed by atoms with Crippen molar-refractivity contribution in [1.82, 2.24) is 0 Å². The molecule has 22 heavy (non-hydrogen) atoms. The summed E-state index contributed by atoms with van der Waals surface area (Å²) in [5.41, 5.74) is 8.24. The van der Waals surface area contributed by atoms with Gasteiger partial charge in [0.25, 0.3) is 0 Å². The molecule has 2 rings (SSSR count). The Hall–Kier alpha value is -1.84. The maximum absolute atomic E-state index is 9.12. The lowest BCUT2D eigenvalue weighted by Crippen LogP contribution is -2.26. The molecular weight excluding hydrogens is 274 g/mol. The van der Waals surface area contributed by atoms with Gasteiger partial charge in [-0.05, 0) is 41.2 Å². The fraction of sp³-hybridized carbons (Fsp3) is 0.368. The molecule has 3 nitrogen and oxygen atoms in total. The van der Waals surface area contributed by atoms with Crippen molar-refractivity contribution in [3.8, 4) is 11.5 Å². The Bertz CT molecular complexity index is 600. The zero-order valence-electron chi connectivity index (χ0n) is 13.5. The van der Waals surface area contributed by atoms with E-state index in [9.17, 15) is 0 Å². The highest BCUT2D eigenvalue weighted by Crippen LogP contribution is 2.29. The molecule has 0 aromatic heterocycles. The summed E-state index contributed by atoms with van der Waals surface area (Å²) in [7, 11) is 0. The van der Waals surface area contributed by atoms with Crippen LogP contribution >= 0.6 is 0 Å². The monoisotopic (exact) mass is 299 g/mol. The molecule has 1 atom stereocenters. The first-order valence-corrected chi connectivity index (χ1v) is 7.63. The molecule has 0 radical (unpaired) electrons. The third-order valence-corrected chi connectivity index (χ3v) is 3.64. The third kappa shape index (κ3) is 4.33. The zero-order chi connectivity index (χ0) is 16.2. The van der Waals surface area contributed by atoms with Gasteiger partial charge in [0.05, 0.1) is 6.61 Å². The van der Waals surface area contributed by atoms with Crippen LogP contribution in [-0.4, -0.2) is 17.8 Å². The van der Waals surface area contributed by atoms with E-state index in [1.54, 1.807) is 0 Å². The molecule has 0 spiro atoms. The third-order valence-electron chi connectivity index (χ3n) is 3.64. The fourth-order valence-corrected chi connectivity index (χ4v) is 2.27. The SMILES string of the molecule is CC(C)(C)c1ccc(Oc2ccccc2CC(N)CO)cc1. The molecular formula is C19H25NO2. The van der Waals surface area contributed by atoms with Gasteiger partial charge in [0.1, 0.15) is 11.5 Å². The Morgan fingerprint density at radius 1 is 1.05 bits per heavy atom. The van der Waals surface area contributed by atoms with Crippen LogP contribution in [0.1, 0.15) is 31.9 Å². The number of hydrogen-bond donors (Lipinski definition) is 2. The predicted octanol–water partition coefficient (Wildman–Crippen LogP) is 3.64. The van der Waals surface area contributed by atoms with Gasteiger partial charge in [0, 0.05) is 6.04 Å². The van der Waals surface area contributed by atoms with Crippen molar-refractivity contribution >= 4 is 0 Å². The zero-order valence-corrected chi connectivity index (χ0v) is 13.5. The largest absolute Gasteiger partial charge is 0.457 e. The average molecular weight is 299 g/mol. The molecule has 0 aliphatic rings. The maximum Gasteiger partial charge on any atom is 0.130 e. The summed E-state index contributed by atoms with van der Waals surface area (Å²) in [6.45, 7) is 6.53. The summed E-state index contributed by atoms with van der Waals surface area (Å²) < 4.78 is 5.99. The molecule has 0 heterocycles. The van der Waals surface area contributed by atoms with E-state index in [1.807, 2.05) is 36.4 Å². The van der Waals surface area contributed by atoms with Crippen molar-refractivity contribution in [2.75, 3.05) is 6.61 Å². The Kier molecular flexibility index (Phi) is 5.22. The molecule has 2 aromatic carbocycles. The van der Waals surface area contributed by atoms with Gasteiger partial charge in [0.15, 0.2) is 0 Å². The van der Waals surface area contributed by atoms with E-state index in [-0.39, 0.29) is 18.1 Å². The molecule has 3 N–H and O–H groups in total. The number of para-hydroxylation sites is 1. The summed E-state index contributed by atoms with van der Waals surface area (Å²) in [6.07, 6.45) is 0.590. The lowest BCUT2D eigenvalue weighted by Gasteiger charge is -2.19. The first kappa shape index (κ1) is 16.5. The number of aliphatic hydroxyl groups is 1. The van der Waals surface area contributed by atoms with Gasteiger partial charge in [-0.25, -0.2) is 0 Å². The van der Waals surface area contributed by atoms with E-state index in [4.69, 9.17) is 15.6 Å². The highest BCUT2D eigenvalue weighted by atomic mass is 16.5. The molecule has 3 heteroatoms. The predicted molar refractivity (Wildman–Crippen MR) is 90.4 cm³/mol. The van der Waals surface area contributed by atoms with E-state index in [0.717, 1.165) is 17.1 Å². The van der Waals surface area contributed by atoms with Crippen LogP contribution in [-0.2, 0) is 11.8 Å². The van der Waals surface area contributed by atoms with Crippen LogP contribution in [0.5, 0.6) is 11.5 Å². The first-order chi connectivity index (χ1) is 10.4. The molecule has 0 bridgehead atoms. The maximum atomic E-state index is 9.12. The smallest absolute Gasteiger partial charge is 0.130 e. The average Bonchev–Trinajstić information content (AvgIpc) is 2.49. The standard InChI is InChI=1S/C19H25NO2/c1-19(2,3)15-8-10-17(11-9-15)22-18-7-5-4-6-14(18)12-16(20)13-21/h4-11,16,21H,12-13,20H2,1-3H3. The van der Waals surface area contributed by atoms with Crippen LogP contribution in [0.15, 0.2) is 48.5 Å². The van der Waals surface area contributed by atoms with Crippen LogP contribution in [0.4, 0.5) is 0 Å². The molecule has 0 amide bonds. The topological polar surface area (TPSA) is 55.5 Å². The number of rotatable bonds is 5. The fourth-order valence-electron chi connectivity index (χ4n) is 2.27. The van der Waals surface area contributed by atoms with Crippen LogP contribution < -0.4 is 10.5 Å². The van der Waals surface area contributed by atoms with Crippen molar-refractivity contribution in [3.63, 3.8) is 0 Å². The summed E-state index contributed by atoms with van der Waals surface area (Å²) in [5.74, 6) is 1.59. The molecule has 1 unspecified atom stereocenters. The molecule has 0 saturated heterocycles. The van der Waals surface area contributed by atoms with Gasteiger partial charge in [-0.3, -0.25) is 0 Å². The molecule has 0 saturated carbocycles. The van der Waals surface area contributed by atoms with E-state index >= 15 is 0 Å². The number of hydrogen-bond acceptors (Lipinski definition) is 3. The number of ether oxygens (including phenoxy) is 1. The summed E-state index contributed by atoms with van der Waals surface area (Å²) in [4.78, 5) is 0. The summed E-state index contributed by atoms with van der Waals surface area (Å²) in [5, 5.41) is 9.12. The molecule has 0 fully saturated rings. The lowest BCUT2D eigenvalue weighted by molar-refractivity contribution is 0.264. The second kappa shape index (κ2) is 6.95. The Morgan fingerprint density at radius 3 is 2.27 bits per heavy atom. The van der Waals surface area contributed by atoms with Gasteiger partial charge in [-0.15, -0.1) is 0 Å². The van der Waals surface area contributed by atoms with E-state index in [1.165, 1.54) is 5.56 Å². The Labute approximate surface area is 132 Å². The van der Waals surface area contributed by atoms with Gasteiger partial charge in [0.2, 0.25) is 0 Å². The second-order valence-electron chi connectivity index (χ2n) is 6.63. The molecule has 2 aromatic rings. The number of nitrogens with two attached hydrogens (primary N) is 1. The van der Waals surface area contributed by atoms with Gasteiger partial charge in [-0.1, -0.05) is 51.1 Å². The molecule has 0 aliphatic heterocycles. The van der Waals surface area contributed by atoms with Crippen molar-refractivity contribution in [2.24, 2.45) is 5.73 Å². The van der Waals surface area contributed by atoms with Crippen LogP contribution in [0, 0.1) is 0 Å². The normalized spacial score (nSPS) is 13.0. The van der Waals surface area contributed by atoms with Crippen LogP contribution in [0.2, 0.25) is 0 Å². The molecule has 0 aliphatic carbocycles. The van der Waals surface area contributed by atoms with Crippen molar-refractivity contribution in [1.29, 1.82) is 0 Å². The van der Waals surface area contributed by atoms with Crippen molar-refractivity contribution in [3.05, 3.63) is 59.7 Å². The minimum Gasteiger partial charge on any atom is -0.457 e. The van der Waals surface area contributed by atoms with E-state index in [0.29, 0.717) is 6.42 Å². The lowest BCUT2D eigenvalue weighted by atomic mass is 9.87. The number of aliphatic hydroxyl groups excluding tert-OH is 1. The van der Waals surface area contributed by atoms with E-state index in [2.05, 4.69) is 32.9 Å². The minimum atomic E-state index is -0.270. The van der Waals surface area contributed by atoms with Crippen LogP contribution in [0.3, 0.4) is 0 Å². The quantitative estimate of drug-likeness (QED) is 0.886. The summed E-state index contributed by atoms with van der Waals surface area (Å²) in [6, 6.07) is 15.7. The number of benzene rings is 2. The van der Waals surface area contributed by atoms with Crippen molar-refractivity contribution in [2.45, 2.75) is 38.6 Å². The van der Waals surface area contributed by atoms with Gasteiger partial charge >= 0.3 is 0 Å². The molecule has 118 valence electrons. The highest BCUT2D eigenvalue weighted by molar-refractivity contribution is 5.39. The first-order valence-electron chi connectivity index (χ1n) is 7.63. The minimum absolute atomic E-state index is 0.0331. The highest BCUT2D eigenvalue weighted by Gasteiger charge is 2.13. The van der Waals surface area contributed by atoms with Crippen molar-refractivity contribution < 1.29 is 9.84 Å². The Balaban J connectivity index is 2.17.